The summed E-state index contributed by atoms with van der Waals surface area (Å²) in [6.45, 7) is 7.19. The molecule has 4 heteroatoms. The van der Waals surface area contributed by atoms with Crippen LogP contribution in [-0.2, 0) is 6.42 Å². The normalized spacial score (nSPS) is 16.4. The quantitative estimate of drug-likeness (QED) is 0.804. The zero-order valence-electron chi connectivity index (χ0n) is 12.6. The van der Waals surface area contributed by atoms with Crippen LogP contribution in [0.2, 0.25) is 0 Å². The molecule has 0 aliphatic carbocycles. The molecular weight excluding hydrogens is 254 g/mol. The fourth-order valence-corrected chi connectivity index (χ4v) is 2.14. The van der Waals surface area contributed by atoms with Gasteiger partial charge in [-0.25, -0.2) is 0 Å². The van der Waals surface area contributed by atoms with E-state index < -0.39 is 0 Å². The molecule has 4 nitrogen and oxygen atoms in total. The Morgan fingerprint density at radius 1 is 1.20 bits per heavy atom. The van der Waals surface area contributed by atoms with Crippen LogP contribution >= 0.6 is 0 Å². The second kappa shape index (κ2) is 6.95. The van der Waals surface area contributed by atoms with Crippen LogP contribution in [0.15, 0.2) is 18.2 Å². The molecule has 2 unspecified atom stereocenters. The van der Waals surface area contributed by atoms with Gasteiger partial charge in [-0.3, -0.25) is 0 Å². The summed E-state index contributed by atoms with van der Waals surface area (Å²) in [7, 11) is 0. The first kappa shape index (κ1) is 15.1. The molecular formula is C16H25NO3. The van der Waals surface area contributed by atoms with Gasteiger partial charge in [-0.2, -0.15) is 0 Å². The summed E-state index contributed by atoms with van der Waals surface area (Å²) in [6.07, 6.45) is 1.75. The van der Waals surface area contributed by atoms with Gasteiger partial charge in [-0.1, -0.05) is 19.9 Å². The Kier molecular flexibility index (Phi) is 5.26. The zero-order chi connectivity index (χ0) is 14.5. The average molecular weight is 279 g/mol. The Morgan fingerprint density at radius 2 is 1.95 bits per heavy atom. The number of aryl methyl sites for hydroxylation is 1. The molecule has 2 N–H and O–H groups in total. The van der Waals surface area contributed by atoms with E-state index in [0.29, 0.717) is 25.3 Å². The highest BCUT2D eigenvalue weighted by Crippen LogP contribution is 2.32. The van der Waals surface area contributed by atoms with Crippen molar-refractivity contribution < 1.29 is 14.6 Å². The highest BCUT2D eigenvalue weighted by atomic mass is 16.7. The lowest BCUT2D eigenvalue weighted by Gasteiger charge is -2.19. The fourth-order valence-electron chi connectivity index (χ4n) is 2.14. The van der Waals surface area contributed by atoms with Crippen molar-refractivity contribution in [1.29, 1.82) is 0 Å². The molecule has 1 aromatic rings. The molecule has 0 aromatic heterocycles. The number of fused-ring (bicyclic) bond motifs is 1. The van der Waals surface area contributed by atoms with Crippen molar-refractivity contribution in [3.63, 3.8) is 0 Å². The molecule has 0 saturated carbocycles. The molecule has 0 fully saturated rings. The van der Waals surface area contributed by atoms with Gasteiger partial charge < -0.3 is 19.9 Å². The second-order valence-electron chi connectivity index (χ2n) is 5.85. The topological polar surface area (TPSA) is 50.7 Å². The molecule has 2 rings (SSSR count). The lowest BCUT2D eigenvalue weighted by Crippen LogP contribution is -2.36. The Bertz CT molecular complexity index is 434. The maximum absolute atomic E-state index is 9.77. The third-order valence-corrected chi connectivity index (χ3v) is 3.75. The molecule has 0 radical (unpaired) electrons. The maximum Gasteiger partial charge on any atom is 0.231 e. The maximum atomic E-state index is 9.77. The molecule has 1 aromatic carbocycles. The SMILES string of the molecule is CC(CCc1ccc2c(c1)OCO2)NCC(O)C(C)C. The summed E-state index contributed by atoms with van der Waals surface area (Å²) >= 11 is 0. The molecule has 20 heavy (non-hydrogen) atoms. The summed E-state index contributed by atoms with van der Waals surface area (Å²) in [6, 6.07) is 6.49. The van der Waals surface area contributed by atoms with Gasteiger partial charge in [0.15, 0.2) is 11.5 Å². The Hall–Kier alpha value is -1.26. The first-order chi connectivity index (χ1) is 9.56. The number of benzene rings is 1. The number of aliphatic hydroxyl groups is 1. The highest BCUT2D eigenvalue weighted by molar-refractivity contribution is 5.44. The van der Waals surface area contributed by atoms with Crippen LogP contribution in [0.25, 0.3) is 0 Å². The Labute approximate surface area is 121 Å². The van der Waals surface area contributed by atoms with Gasteiger partial charge in [0.05, 0.1) is 6.10 Å². The van der Waals surface area contributed by atoms with Crippen LogP contribution in [0.5, 0.6) is 11.5 Å². The van der Waals surface area contributed by atoms with E-state index >= 15 is 0 Å². The van der Waals surface area contributed by atoms with Crippen LogP contribution < -0.4 is 14.8 Å². The van der Waals surface area contributed by atoms with Gasteiger partial charge in [-0.05, 0) is 43.4 Å². The summed E-state index contributed by atoms with van der Waals surface area (Å²) in [5, 5.41) is 13.2. The minimum atomic E-state index is -0.275. The van der Waals surface area contributed by atoms with Crippen molar-refractivity contribution in [3.05, 3.63) is 23.8 Å². The lowest BCUT2D eigenvalue weighted by atomic mass is 10.0. The molecule has 0 amide bonds. The largest absolute Gasteiger partial charge is 0.454 e. The first-order valence-corrected chi connectivity index (χ1v) is 7.36. The van der Waals surface area contributed by atoms with Crippen LogP contribution in [0, 0.1) is 5.92 Å². The van der Waals surface area contributed by atoms with Gasteiger partial charge >= 0.3 is 0 Å². The third kappa shape index (κ3) is 4.12. The average Bonchev–Trinajstić information content (AvgIpc) is 2.89. The Morgan fingerprint density at radius 3 is 2.70 bits per heavy atom. The van der Waals surface area contributed by atoms with Gasteiger partial charge in [0.25, 0.3) is 0 Å². The van der Waals surface area contributed by atoms with E-state index in [2.05, 4.69) is 24.4 Å². The lowest BCUT2D eigenvalue weighted by molar-refractivity contribution is 0.120. The van der Waals surface area contributed by atoms with Crippen molar-refractivity contribution in [2.75, 3.05) is 13.3 Å². The highest BCUT2D eigenvalue weighted by Gasteiger charge is 2.14. The molecule has 2 atom stereocenters. The zero-order valence-corrected chi connectivity index (χ0v) is 12.6. The predicted octanol–water partition coefficient (Wildman–Crippen LogP) is 2.34. The van der Waals surface area contributed by atoms with Gasteiger partial charge in [-0.15, -0.1) is 0 Å². The van der Waals surface area contributed by atoms with E-state index in [-0.39, 0.29) is 6.10 Å². The smallest absolute Gasteiger partial charge is 0.231 e. The molecule has 1 heterocycles. The van der Waals surface area contributed by atoms with Crippen LogP contribution in [0.3, 0.4) is 0 Å². The molecule has 1 aliphatic heterocycles. The molecule has 0 spiro atoms. The molecule has 1 aliphatic rings. The minimum Gasteiger partial charge on any atom is -0.454 e. The van der Waals surface area contributed by atoms with Crippen molar-refractivity contribution >= 4 is 0 Å². The number of hydrogen-bond donors (Lipinski definition) is 2. The van der Waals surface area contributed by atoms with Crippen molar-refractivity contribution in [2.45, 2.75) is 45.8 Å². The minimum absolute atomic E-state index is 0.275. The van der Waals surface area contributed by atoms with Crippen LogP contribution in [-0.4, -0.2) is 30.6 Å². The van der Waals surface area contributed by atoms with Crippen molar-refractivity contribution in [2.24, 2.45) is 5.92 Å². The Balaban J connectivity index is 1.74. The van der Waals surface area contributed by atoms with Crippen LogP contribution in [0.1, 0.15) is 32.8 Å². The van der Waals surface area contributed by atoms with E-state index in [1.165, 1.54) is 5.56 Å². The van der Waals surface area contributed by atoms with Gasteiger partial charge in [0, 0.05) is 12.6 Å². The first-order valence-electron chi connectivity index (χ1n) is 7.36. The molecule has 0 saturated heterocycles. The number of rotatable bonds is 7. The van der Waals surface area contributed by atoms with E-state index in [0.717, 1.165) is 24.3 Å². The number of nitrogens with one attached hydrogen (secondary N) is 1. The molecule has 0 bridgehead atoms. The van der Waals surface area contributed by atoms with Crippen molar-refractivity contribution in [3.8, 4) is 11.5 Å². The van der Waals surface area contributed by atoms with E-state index in [4.69, 9.17) is 9.47 Å². The summed E-state index contributed by atoms with van der Waals surface area (Å²) < 4.78 is 10.7. The number of aliphatic hydroxyl groups excluding tert-OH is 1. The summed E-state index contributed by atoms with van der Waals surface area (Å²) in [5.74, 6) is 1.97. The summed E-state index contributed by atoms with van der Waals surface area (Å²) in [4.78, 5) is 0. The van der Waals surface area contributed by atoms with Gasteiger partial charge in [0.2, 0.25) is 6.79 Å². The predicted molar refractivity (Wildman–Crippen MR) is 79.2 cm³/mol. The van der Waals surface area contributed by atoms with Crippen LogP contribution in [0.4, 0.5) is 0 Å². The van der Waals surface area contributed by atoms with E-state index in [1.54, 1.807) is 0 Å². The van der Waals surface area contributed by atoms with Crippen molar-refractivity contribution in [1.82, 2.24) is 5.32 Å². The fraction of sp³-hybridized carbons (Fsp3) is 0.625. The monoisotopic (exact) mass is 279 g/mol. The van der Waals surface area contributed by atoms with E-state index in [1.807, 2.05) is 19.9 Å². The summed E-state index contributed by atoms with van der Waals surface area (Å²) in [5.41, 5.74) is 1.26. The van der Waals surface area contributed by atoms with E-state index in [9.17, 15) is 5.11 Å². The number of hydrogen-bond acceptors (Lipinski definition) is 4. The van der Waals surface area contributed by atoms with Gasteiger partial charge in [0.1, 0.15) is 0 Å². The standard InChI is InChI=1S/C16H25NO3/c1-11(2)14(18)9-17-12(3)4-5-13-6-7-15-16(8-13)20-10-19-15/h6-8,11-12,14,17-18H,4-5,9-10H2,1-3H3. The third-order valence-electron chi connectivity index (χ3n) is 3.75. The molecule has 112 valence electrons. The number of ether oxygens (including phenoxy) is 2. The second-order valence-corrected chi connectivity index (χ2v) is 5.85.